The predicted molar refractivity (Wildman–Crippen MR) is 129 cm³/mol. The summed E-state index contributed by atoms with van der Waals surface area (Å²) in [5.41, 5.74) is 1.69. The molecule has 0 radical (unpaired) electrons. The van der Waals surface area contributed by atoms with Crippen molar-refractivity contribution >= 4 is 27.7 Å². The van der Waals surface area contributed by atoms with Gasteiger partial charge in [0.15, 0.2) is 0 Å². The maximum absolute atomic E-state index is 14.1. The maximum Gasteiger partial charge on any atom is 0.418 e. The SMILES string of the molecule is CN(C)CCNC(=O)c1ccc(-c2nc3c(C(F)(F)F)cc4[nH]ncc4c3c3c2CC(O)CC3)cn1. The molecule has 36 heavy (non-hydrogen) atoms. The van der Waals surface area contributed by atoms with Crippen molar-refractivity contribution in [1.82, 2.24) is 30.4 Å². The maximum atomic E-state index is 14.1. The lowest BCUT2D eigenvalue weighted by Gasteiger charge is -2.26. The van der Waals surface area contributed by atoms with E-state index in [0.717, 1.165) is 11.6 Å². The van der Waals surface area contributed by atoms with Gasteiger partial charge in [0.05, 0.1) is 34.6 Å². The minimum absolute atomic E-state index is 0.160. The minimum Gasteiger partial charge on any atom is -0.393 e. The lowest BCUT2D eigenvalue weighted by molar-refractivity contribution is -0.136. The van der Waals surface area contributed by atoms with Gasteiger partial charge in [0, 0.05) is 42.0 Å². The summed E-state index contributed by atoms with van der Waals surface area (Å²) in [6, 6.07) is 4.19. The van der Waals surface area contributed by atoms with Crippen LogP contribution in [0, 0.1) is 0 Å². The number of fused-ring (bicyclic) bond motifs is 5. The fourth-order valence-corrected chi connectivity index (χ4v) is 4.73. The van der Waals surface area contributed by atoms with E-state index in [0.29, 0.717) is 53.5 Å². The molecule has 1 aromatic carbocycles. The number of H-pyrrole nitrogens is 1. The van der Waals surface area contributed by atoms with Crippen LogP contribution in [0.25, 0.3) is 33.1 Å². The van der Waals surface area contributed by atoms with Crippen LogP contribution >= 0.6 is 0 Å². The van der Waals surface area contributed by atoms with E-state index in [9.17, 15) is 23.1 Å². The second-order valence-corrected chi connectivity index (χ2v) is 9.28. The summed E-state index contributed by atoms with van der Waals surface area (Å²) in [6.07, 6.45) is -1.20. The van der Waals surface area contributed by atoms with E-state index in [1.807, 2.05) is 19.0 Å². The average molecular weight is 499 g/mol. The molecule has 11 heteroatoms. The Balaban J connectivity index is 1.65. The number of aliphatic hydroxyl groups excluding tert-OH is 1. The lowest BCUT2D eigenvalue weighted by Crippen LogP contribution is -2.31. The Hall–Kier alpha value is -3.57. The second kappa shape index (κ2) is 9.14. The summed E-state index contributed by atoms with van der Waals surface area (Å²) in [6.45, 7) is 1.13. The molecular weight excluding hydrogens is 473 g/mol. The number of halogens is 3. The second-order valence-electron chi connectivity index (χ2n) is 9.28. The number of nitrogens with zero attached hydrogens (tertiary/aromatic N) is 4. The molecule has 0 bridgehead atoms. The van der Waals surface area contributed by atoms with Crippen molar-refractivity contribution in [3.8, 4) is 11.3 Å². The van der Waals surface area contributed by atoms with E-state index < -0.39 is 17.8 Å². The number of rotatable bonds is 5. The van der Waals surface area contributed by atoms with Gasteiger partial charge in [-0.1, -0.05) is 0 Å². The lowest BCUT2D eigenvalue weighted by atomic mass is 9.83. The van der Waals surface area contributed by atoms with Crippen molar-refractivity contribution in [3.05, 3.63) is 53.0 Å². The zero-order valence-corrected chi connectivity index (χ0v) is 19.8. The molecule has 0 aliphatic heterocycles. The number of aryl methyl sites for hydroxylation is 1. The first-order chi connectivity index (χ1) is 17.1. The third-order valence-electron chi connectivity index (χ3n) is 6.48. The fourth-order valence-electron chi connectivity index (χ4n) is 4.73. The topological polar surface area (TPSA) is 107 Å². The van der Waals surface area contributed by atoms with E-state index in [1.54, 1.807) is 6.07 Å². The van der Waals surface area contributed by atoms with Crippen LogP contribution in [0.4, 0.5) is 13.2 Å². The molecule has 4 aromatic rings. The van der Waals surface area contributed by atoms with Crippen LogP contribution in [0.2, 0.25) is 0 Å². The van der Waals surface area contributed by atoms with Gasteiger partial charge >= 0.3 is 6.18 Å². The van der Waals surface area contributed by atoms with Crippen molar-refractivity contribution in [3.63, 3.8) is 0 Å². The number of nitrogens with one attached hydrogen (secondary N) is 2. The molecule has 3 aromatic heterocycles. The van der Waals surface area contributed by atoms with Crippen molar-refractivity contribution < 1.29 is 23.1 Å². The molecule has 1 aliphatic carbocycles. The summed E-state index contributed by atoms with van der Waals surface area (Å²) in [5.74, 6) is -0.339. The number of carbonyl (C=O) groups excluding carboxylic acids is 1. The Morgan fingerprint density at radius 3 is 2.75 bits per heavy atom. The van der Waals surface area contributed by atoms with Crippen LogP contribution in [0.1, 0.15) is 33.6 Å². The van der Waals surface area contributed by atoms with Crippen LogP contribution in [0.15, 0.2) is 30.6 Å². The number of benzene rings is 1. The average Bonchev–Trinajstić information content (AvgIpc) is 3.30. The highest BCUT2D eigenvalue weighted by Gasteiger charge is 2.36. The summed E-state index contributed by atoms with van der Waals surface area (Å²) < 4.78 is 42.3. The number of alkyl halides is 3. The largest absolute Gasteiger partial charge is 0.418 e. The first-order valence-electron chi connectivity index (χ1n) is 11.6. The molecule has 1 unspecified atom stereocenters. The van der Waals surface area contributed by atoms with Gasteiger partial charge in [-0.3, -0.25) is 14.9 Å². The molecule has 0 spiro atoms. The third-order valence-corrected chi connectivity index (χ3v) is 6.48. The van der Waals surface area contributed by atoms with Gasteiger partial charge in [0.25, 0.3) is 5.91 Å². The number of amides is 1. The molecule has 1 atom stereocenters. The number of aliphatic hydroxyl groups is 1. The summed E-state index contributed by atoms with van der Waals surface area (Å²) in [7, 11) is 3.80. The van der Waals surface area contributed by atoms with Gasteiger partial charge < -0.3 is 15.3 Å². The molecule has 1 amide bonds. The molecule has 0 saturated carbocycles. The quantitative estimate of drug-likeness (QED) is 0.390. The molecule has 188 valence electrons. The van der Waals surface area contributed by atoms with Gasteiger partial charge in [-0.25, -0.2) is 4.98 Å². The van der Waals surface area contributed by atoms with Crippen LogP contribution in [-0.4, -0.2) is 69.4 Å². The summed E-state index contributed by atoms with van der Waals surface area (Å²) in [4.78, 5) is 23.1. The number of aromatic nitrogens is 4. The Labute approximate surface area is 204 Å². The Bertz CT molecular complexity index is 1450. The van der Waals surface area contributed by atoms with E-state index in [1.165, 1.54) is 18.5 Å². The van der Waals surface area contributed by atoms with Gasteiger partial charge in [0.1, 0.15) is 5.69 Å². The molecular formula is C25H25F3N6O2. The van der Waals surface area contributed by atoms with Gasteiger partial charge in [-0.05, 0) is 56.3 Å². The first kappa shape index (κ1) is 24.1. The third kappa shape index (κ3) is 4.40. The van der Waals surface area contributed by atoms with Crippen LogP contribution < -0.4 is 5.32 Å². The predicted octanol–water partition coefficient (Wildman–Crippen LogP) is 3.33. The van der Waals surface area contributed by atoms with Gasteiger partial charge in [0.2, 0.25) is 0 Å². The number of pyridine rings is 2. The van der Waals surface area contributed by atoms with Crippen LogP contribution in [-0.2, 0) is 19.0 Å². The van der Waals surface area contributed by atoms with Crippen molar-refractivity contribution in [2.45, 2.75) is 31.5 Å². The molecule has 0 fully saturated rings. The Morgan fingerprint density at radius 2 is 2.06 bits per heavy atom. The monoisotopic (exact) mass is 498 g/mol. The van der Waals surface area contributed by atoms with Gasteiger partial charge in [-0.2, -0.15) is 18.3 Å². The molecule has 1 aliphatic rings. The summed E-state index contributed by atoms with van der Waals surface area (Å²) in [5, 5.41) is 20.7. The Morgan fingerprint density at radius 1 is 1.25 bits per heavy atom. The van der Waals surface area contributed by atoms with E-state index >= 15 is 0 Å². The highest BCUT2D eigenvalue weighted by atomic mass is 19.4. The smallest absolute Gasteiger partial charge is 0.393 e. The van der Waals surface area contributed by atoms with Crippen molar-refractivity contribution in [2.24, 2.45) is 0 Å². The zero-order valence-electron chi connectivity index (χ0n) is 19.8. The van der Waals surface area contributed by atoms with E-state index in [2.05, 4.69) is 25.5 Å². The van der Waals surface area contributed by atoms with Crippen LogP contribution in [0.5, 0.6) is 0 Å². The number of carbonyl (C=O) groups is 1. The standard InChI is InChI=1S/C25H25F3N6O2/c1-34(2)8-7-29-24(36)19-6-3-13(11-30-19)22-16-9-14(35)4-5-15(16)21-17-12-31-33-20(17)10-18(23(21)32-22)25(26,27)28/h3,6,10-12,14,35H,4-5,7-9H2,1-2H3,(H,29,36)(H,31,33). The van der Waals surface area contributed by atoms with Crippen LogP contribution in [0.3, 0.4) is 0 Å². The molecule has 3 N–H and O–H groups in total. The summed E-state index contributed by atoms with van der Waals surface area (Å²) >= 11 is 0. The molecule has 0 saturated heterocycles. The van der Waals surface area contributed by atoms with Crippen molar-refractivity contribution in [1.29, 1.82) is 0 Å². The zero-order chi connectivity index (χ0) is 25.6. The number of hydrogen-bond donors (Lipinski definition) is 3. The van der Waals surface area contributed by atoms with Crippen molar-refractivity contribution in [2.75, 3.05) is 27.2 Å². The van der Waals surface area contributed by atoms with E-state index in [-0.39, 0.29) is 29.1 Å². The highest BCUT2D eigenvalue weighted by Crippen LogP contribution is 2.43. The number of hydrogen-bond acceptors (Lipinski definition) is 6. The fraction of sp³-hybridized carbons (Fsp3) is 0.360. The van der Waals surface area contributed by atoms with E-state index in [4.69, 9.17) is 0 Å². The Kier molecular flexibility index (Phi) is 6.13. The molecule has 8 nitrogen and oxygen atoms in total. The first-order valence-corrected chi connectivity index (χ1v) is 11.6. The minimum atomic E-state index is -4.63. The highest BCUT2D eigenvalue weighted by molar-refractivity contribution is 6.09. The molecule has 3 heterocycles. The number of likely N-dealkylation sites (N-methyl/N-ethyl adjacent to an activating group) is 1. The number of aromatic amines is 1. The molecule has 5 rings (SSSR count). The van der Waals surface area contributed by atoms with Gasteiger partial charge in [-0.15, -0.1) is 0 Å². The normalized spacial score (nSPS) is 16.0.